The fourth-order valence-electron chi connectivity index (χ4n) is 8.48. The van der Waals surface area contributed by atoms with Crippen molar-refractivity contribution in [3.05, 3.63) is 130 Å². The van der Waals surface area contributed by atoms with Gasteiger partial charge in [0, 0.05) is 108 Å². The van der Waals surface area contributed by atoms with Crippen LogP contribution in [0.15, 0.2) is 85.1 Å². The molecule has 3 aromatic carbocycles. The van der Waals surface area contributed by atoms with E-state index in [0.717, 1.165) is 41.9 Å². The predicted octanol–water partition coefficient (Wildman–Crippen LogP) is 7.11. The summed E-state index contributed by atoms with van der Waals surface area (Å²) in [6, 6.07) is 23.3. The first-order valence-corrected chi connectivity index (χ1v) is 30.5. The van der Waals surface area contributed by atoms with Crippen LogP contribution in [0.25, 0.3) is 0 Å². The number of aromatic nitrogens is 1. The van der Waals surface area contributed by atoms with Crippen molar-refractivity contribution in [1.82, 2.24) is 45.4 Å². The van der Waals surface area contributed by atoms with Gasteiger partial charge < -0.3 is 29.1 Å². The second-order valence-corrected chi connectivity index (χ2v) is 26.4. The van der Waals surface area contributed by atoms with Gasteiger partial charge in [0.2, 0.25) is 23.6 Å². The van der Waals surface area contributed by atoms with Gasteiger partial charge in [-0.25, -0.2) is 24.1 Å². The van der Waals surface area contributed by atoms with E-state index in [2.05, 4.69) is 59.6 Å². The number of nitrogens with one attached hydrogen (secondary N) is 3. The molecule has 4 aromatic rings. The Balaban J connectivity index is 0.000000200. The SMILES string of the molecule is CC(=O)c1ccnc(CN2CCC(=O)NC2=O)c1.CCCc1cccc(CN2CCC(=O)NC2=O)c1.COc1ccc(C(C)=O)cc1CN1CCC(=O)NC1=O.C[Si](C)(C)CCOCN1C(=O)CCN(Cc2cccc(C=O)c2)C1=O. The van der Waals surface area contributed by atoms with E-state index in [1.807, 2.05) is 18.2 Å². The summed E-state index contributed by atoms with van der Waals surface area (Å²) in [5.41, 5.74) is 6.35. The number of benzene rings is 3. The lowest BCUT2D eigenvalue weighted by Gasteiger charge is -2.34. The average molecular weight is 1130 g/mol. The number of nitrogens with zero attached hydrogens (tertiary/aromatic N) is 6. The van der Waals surface area contributed by atoms with Crippen LogP contribution in [-0.4, -0.2) is 150 Å². The van der Waals surface area contributed by atoms with E-state index < -0.39 is 20.1 Å². The molecule has 3 N–H and O–H groups in total. The first-order chi connectivity index (χ1) is 38.5. The van der Waals surface area contributed by atoms with Crippen LogP contribution in [0.5, 0.6) is 5.75 Å². The summed E-state index contributed by atoms with van der Waals surface area (Å²) in [7, 11) is 0.330. The van der Waals surface area contributed by atoms with E-state index >= 15 is 0 Å². The Labute approximate surface area is 472 Å². The molecule has 4 fully saturated rings. The van der Waals surface area contributed by atoms with Gasteiger partial charge in [0.1, 0.15) is 18.8 Å². The Bertz CT molecular complexity index is 2960. The number of Topliss-reactive ketones (excluding diaryl/α,β-unsaturated/α-hetero) is 2. The summed E-state index contributed by atoms with van der Waals surface area (Å²) in [6.45, 7) is 15.6. The number of carbonyl (C=O) groups excluding carboxylic acids is 11. The second-order valence-electron chi connectivity index (χ2n) is 20.8. The number of pyridine rings is 1. The van der Waals surface area contributed by atoms with Crippen LogP contribution in [0.3, 0.4) is 0 Å². The molecular formula is C58H73N9O13Si. The molecule has 0 aliphatic carbocycles. The topological polar surface area (TPSA) is 271 Å². The van der Waals surface area contributed by atoms with Gasteiger partial charge in [-0.3, -0.25) is 54.5 Å². The number of imide groups is 4. The van der Waals surface area contributed by atoms with Gasteiger partial charge in [0.15, 0.2) is 11.6 Å². The lowest BCUT2D eigenvalue weighted by atomic mass is 10.1. The van der Waals surface area contributed by atoms with Gasteiger partial charge >= 0.3 is 24.1 Å². The number of carbonyl (C=O) groups is 11. The number of hydrogen-bond donors (Lipinski definition) is 3. The van der Waals surface area contributed by atoms with Gasteiger partial charge in [0.25, 0.3) is 0 Å². The molecule has 0 bridgehead atoms. The van der Waals surface area contributed by atoms with Gasteiger partial charge in [-0.05, 0) is 79.4 Å². The van der Waals surface area contributed by atoms with Crippen LogP contribution in [-0.2, 0) is 56.5 Å². The minimum absolute atomic E-state index is 0.00697. The number of aryl methyl sites for hydroxylation is 1. The minimum Gasteiger partial charge on any atom is -0.496 e. The standard InChI is InChI=1S/C18H26N2O4Si.C14H16N2O4.C14H18N2O2.C12H13N3O3/c1-25(2,3)10-9-24-14-20-17(22)7-8-19(18(20)23)12-15-5-4-6-16(11-15)13-21;1-9(17)10-3-4-12(20-2)11(7-10)8-16-6-5-13(18)15-14(16)19;1-2-4-11-5-3-6-12(9-11)10-16-8-7-13(17)15-14(16)18;1-8(16)9-2-4-13-10(6-9)7-15-5-3-11(17)14-12(15)18/h4-6,11,13H,7-10,12,14H2,1-3H3;3-4,7H,5-6,8H2,1-2H3,(H,15,18,19);3,5-6,9H,2,4,7-8,10H2,1H3,(H,15,17,18);2,4,6H,3,5,7H2,1H3,(H,14,17,18). The maximum Gasteiger partial charge on any atom is 0.328 e. The third-order valence-electron chi connectivity index (χ3n) is 13.0. The van der Waals surface area contributed by atoms with Crippen molar-refractivity contribution < 1.29 is 62.2 Å². The van der Waals surface area contributed by atoms with Crippen molar-refractivity contribution in [3.8, 4) is 5.75 Å². The van der Waals surface area contributed by atoms with Crippen molar-refractivity contribution in [3.63, 3.8) is 0 Å². The number of ether oxygens (including phenoxy) is 2. The molecule has 0 atom stereocenters. The first-order valence-electron chi connectivity index (χ1n) is 26.7. The van der Waals surface area contributed by atoms with Crippen LogP contribution in [0, 0.1) is 0 Å². The molecule has 4 saturated heterocycles. The molecule has 0 spiro atoms. The lowest BCUT2D eigenvalue weighted by molar-refractivity contribution is -0.136. The highest BCUT2D eigenvalue weighted by atomic mass is 28.3. The van der Waals surface area contributed by atoms with E-state index in [1.54, 1.807) is 64.5 Å². The van der Waals surface area contributed by atoms with Crippen molar-refractivity contribution in [2.45, 2.75) is 111 Å². The summed E-state index contributed by atoms with van der Waals surface area (Å²) in [4.78, 5) is 138. The number of ketones is 2. The molecule has 0 unspecified atom stereocenters. The second kappa shape index (κ2) is 30.8. The van der Waals surface area contributed by atoms with Crippen LogP contribution < -0.4 is 20.7 Å². The monoisotopic (exact) mass is 1130 g/mol. The van der Waals surface area contributed by atoms with Gasteiger partial charge in [-0.15, -0.1) is 0 Å². The maximum atomic E-state index is 12.6. The summed E-state index contributed by atoms with van der Waals surface area (Å²) < 4.78 is 10.8. The van der Waals surface area contributed by atoms with Crippen LogP contribution >= 0.6 is 0 Å². The quantitative estimate of drug-likeness (QED) is 0.0365. The van der Waals surface area contributed by atoms with Crippen molar-refractivity contribution in [1.29, 1.82) is 0 Å². The molecular weight excluding hydrogens is 1060 g/mol. The van der Waals surface area contributed by atoms with E-state index in [1.165, 1.54) is 41.2 Å². The summed E-state index contributed by atoms with van der Waals surface area (Å²) in [6.07, 6.45) is 5.74. The van der Waals surface area contributed by atoms with Gasteiger partial charge in [-0.2, -0.15) is 0 Å². The van der Waals surface area contributed by atoms with Crippen LogP contribution in [0.1, 0.15) is 112 Å². The highest BCUT2D eigenvalue weighted by Crippen LogP contribution is 2.23. The molecule has 12 amide bonds. The van der Waals surface area contributed by atoms with E-state index in [-0.39, 0.29) is 73.3 Å². The summed E-state index contributed by atoms with van der Waals surface area (Å²) in [5, 5.41) is 6.84. The number of hydrogen-bond acceptors (Lipinski definition) is 14. The summed E-state index contributed by atoms with van der Waals surface area (Å²) >= 11 is 0. The Kier molecular flexibility index (Phi) is 24.1. The Hall–Kier alpha value is -8.44. The van der Waals surface area contributed by atoms with Crippen molar-refractivity contribution in [2.24, 2.45) is 0 Å². The molecule has 0 saturated carbocycles. The fourth-order valence-corrected chi connectivity index (χ4v) is 9.24. The van der Waals surface area contributed by atoms with Crippen molar-refractivity contribution in [2.75, 3.05) is 46.6 Å². The normalized spacial score (nSPS) is 15.5. The van der Waals surface area contributed by atoms with E-state index in [0.29, 0.717) is 93.5 Å². The van der Waals surface area contributed by atoms with E-state index in [4.69, 9.17) is 9.47 Å². The molecule has 23 heteroatoms. The van der Waals surface area contributed by atoms with Gasteiger partial charge in [-0.1, -0.05) is 75.5 Å². The number of methoxy groups -OCH3 is 1. The zero-order valence-electron chi connectivity index (χ0n) is 47.2. The predicted molar refractivity (Wildman–Crippen MR) is 301 cm³/mol. The number of amides is 12. The molecule has 432 valence electrons. The molecule has 22 nitrogen and oxygen atoms in total. The van der Waals surface area contributed by atoms with Crippen molar-refractivity contribution >= 4 is 73.7 Å². The zero-order chi connectivity index (χ0) is 59.2. The number of rotatable bonds is 19. The maximum absolute atomic E-state index is 12.6. The number of urea groups is 4. The minimum atomic E-state index is -1.20. The fraction of sp³-hybridized carbons (Fsp3) is 0.414. The van der Waals surface area contributed by atoms with Crippen LogP contribution in [0.2, 0.25) is 25.7 Å². The average Bonchev–Trinajstić information content (AvgIpc) is 3.45. The largest absolute Gasteiger partial charge is 0.496 e. The Morgan fingerprint density at radius 3 is 1.72 bits per heavy atom. The molecule has 5 heterocycles. The highest BCUT2D eigenvalue weighted by Gasteiger charge is 2.32. The van der Waals surface area contributed by atoms with Crippen LogP contribution in [0.4, 0.5) is 19.2 Å². The van der Waals surface area contributed by atoms with Gasteiger partial charge in [0.05, 0.1) is 25.9 Å². The highest BCUT2D eigenvalue weighted by molar-refractivity contribution is 6.76. The molecule has 0 radical (unpaired) electrons. The van der Waals surface area contributed by atoms with E-state index in [9.17, 15) is 52.7 Å². The lowest BCUT2D eigenvalue weighted by Crippen LogP contribution is -2.52. The summed E-state index contributed by atoms with van der Waals surface area (Å²) in [5.74, 6) is -0.395. The number of aldehydes is 1. The first kappa shape index (κ1) is 63.4. The zero-order valence-corrected chi connectivity index (χ0v) is 48.2. The Morgan fingerprint density at radius 1 is 0.630 bits per heavy atom. The molecule has 4 aliphatic rings. The molecule has 8 rings (SSSR count). The molecule has 81 heavy (non-hydrogen) atoms. The Morgan fingerprint density at radius 2 is 1.16 bits per heavy atom. The smallest absolute Gasteiger partial charge is 0.328 e. The third-order valence-corrected chi connectivity index (χ3v) is 14.7. The molecule has 1 aromatic heterocycles. The molecule has 4 aliphatic heterocycles. The third kappa shape index (κ3) is 20.6.